The average molecular weight is 664 g/mol. The van der Waals surface area contributed by atoms with Crippen LogP contribution in [0.25, 0.3) is 76.9 Å². The van der Waals surface area contributed by atoms with Gasteiger partial charge >= 0.3 is 0 Å². The molecule has 0 amide bonds. The van der Waals surface area contributed by atoms with Crippen LogP contribution >= 0.6 is 0 Å². The van der Waals surface area contributed by atoms with E-state index in [1.807, 2.05) is 0 Å². The van der Waals surface area contributed by atoms with Gasteiger partial charge in [0.25, 0.3) is 0 Å². The predicted molar refractivity (Wildman–Crippen MR) is 220 cm³/mol. The maximum Gasteiger partial charge on any atom is 0.159 e. The van der Waals surface area contributed by atoms with Gasteiger partial charge in [0, 0.05) is 22.1 Å². The lowest BCUT2D eigenvalue weighted by Gasteiger charge is -2.26. The van der Waals surface area contributed by atoms with E-state index in [1.165, 1.54) is 54.9 Å². The van der Waals surface area contributed by atoms with Crippen molar-refractivity contribution in [3.05, 3.63) is 200 Å². The van der Waals surface area contributed by atoms with Crippen LogP contribution in [-0.2, 0) is 0 Å². The highest BCUT2D eigenvalue weighted by atomic mass is 16.3. The largest absolute Gasteiger partial charge is 0.454 e. The maximum absolute atomic E-state index is 6.71. The Balaban J connectivity index is 1.05. The fourth-order valence-electron chi connectivity index (χ4n) is 7.54. The SMILES string of the molecule is c1ccc(-c2ccc3oc4c(N(c5ccc(-c6ccc(-c7ccc8ccccc8c7)cc6)cc5)c5ccc6ccccc6c5)cccc4c3c2)cc1. The number of rotatable bonds is 6. The van der Waals surface area contributed by atoms with E-state index in [9.17, 15) is 0 Å². The summed E-state index contributed by atoms with van der Waals surface area (Å²) in [6.07, 6.45) is 0. The van der Waals surface area contributed by atoms with Gasteiger partial charge in [-0.15, -0.1) is 0 Å². The van der Waals surface area contributed by atoms with Gasteiger partial charge in [-0.05, 0) is 103 Å². The molecule has 244 valence electrons. The van der Waals surface area contributed by atoms with Crippen molar-refractivity contribution in [3.8, 4) is 33.4 Å². The summed E-state index contributed by atoms with van der Waals surface area (Å²) in [4.78, 5) is 2.32. The second-order valence-electron chi connectivity index (χ2n) is 13.4. The minimum absolute atomic E-state index is 0.865. The second-order valence-corrected chi connectivity index (χ2v) is 13.4. The van der Waals surface area contributed by atoms with Gasteiger partial charge in [-0.2, -0.15) is 0 Å². The van der Waals surface area contributed by atoms with E-state index in [-0.39, 0.29) is 0 Å². The number of nitrogens with zero attached hydrogens (tertiary/aromatic N) is 1. The first-order valence-electron chi connectivity index (χ1n) is 17.7. The van der Waals surface area contributed by atoms with E-state index in [2.05, 4.69) is 205 Å². The number of hydrogen-bond acceptors (Lipinski definition) is 2. The molecule has 1 aromatic heterocycles. The van der Waals surface area contributed by atoms with Crippen LogP contribution in [0, 0.1) is 0 Å². The normalized spacial score (nSPS) is 11.5. The van der Waals surface area contributed by atoms with Crippen molar-refractivity contribution in [1.82, 2.24) is 0 Å². The smallest absolute Gasteiger partial charge is 0.159 e. The Bertz CT molecular complexity index is 2890. The Morgan fingerprint density at radius 1 is 0.308 bits per heavy atom. The molecule has 10 rings (SSSR count). The Morgan fingerprint density at radius 2 is 0.827 bits per heavy atom. The molecule has 0 aliphatic rings. The van der Waals surface area contributed by atoms with Crippen molar-refractivity contribution < 1.29 is 4.42 Å². The van der Waals surface area contributed by atoms with Gasteiger partial charge in [-0.25, -0.2) is 0 Å². The van der Waals surface area contributed by atoms with Gasteiger partial charge < -0.3 is 9.32 Å². The van der Waals surface area contributed by atoms with Gasteiger partial charge in [0.15, 0.2) is 5.58 Å². The summed E-state index contributed by atoms with van der Waals surface area (Å²) in [6.45, 7) is 0. The van der Waals surface area contributed by atoms with Gasteiger partial charge in [-0.1, -0.05) is 152 Å². The summed E-state index contributed by atoms with van der Waals surface area (Å²) in [7, 11) is 0. The fourth-order valence-corrected chi connectivity index (χ4v) is 7.54. The van der Waals surface area contributed by atoms with E-state index < -0.39 is 0 Å². The number of benzene rings is 9. The third kappa shape index (κ3) is 5.30. The average Bonchev–Trinajstić information content (AvgIpc) is 3.60. The minimum Gasteiger partial charge on any atom is -0.454 e. The van der Waals surface area contributed by atoms with Crippen molar-refractivity contribution in [2.75, 3.05) is 4.90 Å². The second kappa shape index (κ2) is 12.5. The molecule has 52 heavy (non-hydrogen) atoms. The quantitative estimate of drug-likeness (QED) is 0.176. The van der Waals surface area contributed by atoms with E-state index in [0.717, 1.165) is 39.0 Å². The Hall–Kier alpha value is -6.90. The van der Waals surface area contributed by atoms with Crippen LogP contribution in [0.15, 0.2) is 205 Å². The summed E-state index contributed by atoms with van der Waals surface area (Å²) in [5.74, 6) is 0. The van der Waals surface area contributed by atoms with Crippen molar-refractivity contribution in [1.29, 1.82) is 0 Å². The van der Waals surface area contributed by atoms with Crippen molar-refractivity contribution in [3.63, 3.8) is 0 Å². The summed E-state index contributed by atoms with van der Waals surface area (Å²) in [5.41, 5.74) is 12.0. The number of fused-ring (bicyclic) bond motifs is 5. The fraction of sp³-hybridized carbons (Fsp3) is 0. The Morgan fingerprint density at radius 3 is 1.56 bits per heavy atom. The maximum atomic E-state index is 6.71. The number of anilines is 3. The molecular formula is C50H33NO. The molecule has 0 aliphatic heterocycles. The molecule has 9 aromatic carbocycles. The van der Waals surface area contributed by atoms with Crippen LogP contribution in [-0.4, -0.2) is 0 Å². The highest BCUT2D eigenvalue weighted by molar-refractivity contribution is 6.11. The molecule has 0 fully saturated rings. The molecule has 0 saturated carbocycles. The molecule has 10 aromatic rings. The molecule has 2 nitrogen and oxygen atoms in total. The number of hydrogen-bond donors (Lipinski definition) is 0. The van der Waals surface area contributed by atoms with Crippen LogP contribution in [0.4, 0.5) is 17.1 Å². The zero-order chi connectivity index (χ0) is 34.4. The first-order valence-corrected chi connectivity index (χ1v) is 17.7. The Labute approximate surface area is 302 Å². The van der Waals surface area contributed by atoms with Crippen LogP contribution in [0.2, 0.25) is 0 Å². The zero-order valence-corrected chi connectivity index (χ0v) is 28.4. The molecule has 0 bridgehead atoms. The summed E-state index contributed by atoms with van der Waals surface area (Å²) < 4.78 is 6.71. The highest BCUT2D eigenvalue weighted by Gasteiger charge is 2.20. The van der Waals surface area contributed by atoms with Crippen LogP contribution in [0.3, 0.4) is 0 Å². The zero-order valence-electron chi connectivity index (χ0n) is 28.4. The first kappa shape index (κ1) is 30.0. The van der Waals surface area contributed by atoms with Gasteiger partial charge in [-0.3, -0.25) is 0 Å². The lowest BCUT2D eigenvalue weighted by Crippen LogP contribution is -2.10. The van der Waals surface area contributed by atoms with Gasteiger partial charge in [0.2, 0.25) is 0 Å². The third-order valence-corrected chi connectivity index (χ3v) is 10.2. The van der Waals surface area contributed by atoms with Crippen LogP contribution in [0.1, 0.15) is 0 Å². The van der Waals surface area contributed by atoms with Gasteiger partial charge in [0.05, 0.1) is 5.69 Å². The predicted octanol–water partition coefficient (Wildman–Crippen LogP) is 14.4. The summed E-state index contributed by atoms with van der Waals surface area (Å²) in [6, 6.07) is 71.7. The first-order chi connectivity index (χ1) is 25.7. The number of furan rings is 1. The van der Waals surface area contributed by atoms with Crippen molar-refractivity contribution in [2.45, 2.75) is 0 Å². The standard InChI is InChI=1S/C50H33NO/c1-2-9-34(10-3-1)43-26-30-49-47(33-43)46-15-8-16-48(50(46)52-49)51(45-29-25-36-12-5-7-14-41(36)32-45)44-27-23-38(24-28-44)37-17-19-39(20-18-37)42-22-21-35-11-4-6-13-40(35)31-42/h1-33H. The lowest BCUT2D eigenvalue weighted by molar-refractivity contribution is 0.669. The topological polar surface area (TPSA) is 16.4 Å². The van der Waals surface area contributed by atoms with Crippen molar-refractivity contribution >= 4 is 60.5 Å². The van der Waals surface area contributed by atoms with E-state index in [4.69, 9.17) is 4.42 Å². The molecule has 0 saturated heterocycles. The summed E-state index contributed by atoms with van der Waals surface area (Å²) in [5, 5.41) is 7.13. The molecule has 0 spiro atoms. The molecule has 0 aliphatic carbocycles. The Kier molecular flexibility index (Phi) is 7.18. The van der Waals surface area contributed by atoms with E-state index in [0.29, 0.717) is 0 Å². The monoisotopic (exact) mass is 663 g/mol. The lowest BCUT2D eigenvalue weighted by atomic mass is 9.98. The van der Waals surface area contributed by atoms with Crippen LogP contribution < -0.4 is 4.90 Å². The van der Waals surface area contributed by atoms with E-state index in [1.54, 1.807) is 0 Å². The molecule has 0 N–H and O–H groups in total. The summed E-state index contributed by atoms with van der Waals surface area (Å²) >= 11 is 0. The molecule has 2 heteroatoms. The number of para-hydroxylation sites is 1. The van der Waals surface area contributed by atoms with Crippen molar-refractivity contribution in [2.24, 2.45) is 0 Å². The van der Waals surface area contributed by atoms with Gasteiger partial charge in [0.1, 0.15) is 5.58 Å². The highest BCUT2D eigenvalue weighted by Crippen LogP contribution is 2.44. The van der Waals surface area contributed by atoms with E-state index >= 15 is 0 Å². The molecule has 0 atom stereocenters. The molecule has 1 heterocycles. The molecule has 0 radical (unpaired) electrons. The third-order valence-electron chi connectivity index (χ3n) is 10.2. The minimum atomic E-state index is 0.865. The van der Waals surface area contributed by atoms with Crippen LogP contribution in [0.5, 0.6) is 0 Å². The molecule has 0 unspecified atom stereocenters. The molecular weight excluding hydrogens is 631 g/mol.